The molecular weight excluding hydrogens is 236 g/mol. The molecule has 0 radical (unpaired) electrons. The Balaban J connectivity index is 2.76. The van der Waals surface area contributed by atoms with E-state index in [0.717, 1.165) is 0 Å². The molecule has 2 amide bonds. The Morgan fingerprint density at radius 2 is 2.17 bits per heavy atom. The molecule has 7 nitrogen and oxygen atoms in total. The summed E-state index contributed by atoms with van der Waals surface area (Å²) in [4.78, 5) is 22.8. The van der Waals surface area contributed by atoms with E-state index in [1.54, 1.807) is 7.05 Å². The van der Waals surface area contributed by atoms with Gasteiger partial charge < -0.3 is 16.2 Å². The lowest BCUT2D eigenvalue weighted by Gasteiger charge is -2.21. The van der Waals surface area contributed by atoms with Crippen molar-refractivity contribution in [3.05, 3.63) is 17.5 Å². The Kier molecular flexibility index (Phi) is 4.07. The van der Waals surface area contributed by atoms with Crippen LogP contribution in [-0.2, 0) is 7.05 Å². The Hall–Kier alpha value is -1.89. The molecule has 1 heterocycles. The summed E-state index contributed by atoms with van der Waals surface area (Å²) in [6, 6.07) is 1.34. The van der Waals surface area contributed by atoms with Gasteiger partial charge in [-0.1, -0.05) is 13.8 Å². The van der Waals surface area contributed by atoms with Gasteiger partial charge in [-0.05, 0) is 0 Å². The van der Waals surface area contributed by atoms with Gasteiger partial charge in [0.05, 0.1) is 0 Å². The number of aryl methyl sites for hydroxylation is 1. The molecule has 0 aliphatic heterocycles. The number of hydrogen-bond acceptors (Lipinski definition) is 4. The number of primary amides is 1. The molecule has 0 atom stereocenters. The number of nitrogens with one attached hydrogen (secondary N) is 1. The predicted molar refractivity (Wildman–Crippen MR) is 64.9 cm³/mol. The highest BCUT2D eigenvalue weighted by molar-refractivity contribution is 5.97. The molecule has 0 saturated heterocycles. The van der Waals surface area contributed by atoms with Crippen LogP contribution in [0.5, 0.6) is 0 Å². The van der Waals surface area contributed by atoms with Crippen LogP contribution in [0.4, 0.5) is 0 Å². The van der Waals surface area contributed by atoms with E-state index in [-0.39, 0.29) is 23.9 Å². The van der Waals surface area contributed by atoms with Crippen molar-refractivity contribution in [3.63, 3.8) is 0 Å². The number of carbonyl (C=O) groups is 2. The number of aliphatic hydroxyl groups is 1. The monoisotopic (exact) mass is 254 g/mol. The van der Waals surface area contributed by atoms with Gasteiger partial charge in [-0.25, -0.2) is 0 Å². The fourth-order valence-electron chi connectivity index (χ4n) is 1.27. The molecule has 4 N–H and O–H groups in total. The molecule has 0 fully saturated rings. The van der Waals surface area contributed by atoms with E-state index in [1.165, 1.54) is 10.7 Å². The first kappa shape index (κ1) is 14.2. The molecule has 0 aliphatic carbocycles. The zero-order chi connectivity index (χ0) is 13.9. The summed E-state index contributed by atoms with van der Waals surface area (Å²) in [5.41, 5.74) is 4.97. The van der Waals surface area contributed by atoms with Gasteiger partial charge in [0.1, 0.15) is 5.69 Å². The fraction of sp³-hybridized carbons (Fsp3) is 0.545. The summed E-state index contributed by atoms with van der Waals surface area (Å²) in [6.45, 7) is 3.93. The lowest BCUT2D eigenvalue weighted by atomic mass is 9.95. The van der Waals surface area contributed by atoms with Gasteiger partial charge in [-0.3, -0.25) is 14.3 Å². The summed E-state index contributed by atoms with van der Waals surface area (Å²) >= 11 is 0. The molecule has 7 heteroatoms. The number of rotatable bonds is 5. The number of amides is 2. The average Bonchev–Trinajstić information content (AvgIpc) is 2.69. The van der Waals surface area contributed by atoms with Crippen molar-refractivity contribution in [2.24, 2.45) is 18.2 Å². The first-order valence-electron chi connectivity index (χ1n) is 5.50. The van der Waals surface area contributed by atoms with Crippen molar-refractivity contribution in [2.75, 3.05) is 13.2 Å². The number of nitrogens with zero attached hydrogens (tertiary/aromatic N) is 2. The van der Waals surface area contributed by atoms with Crippen LogP contribution in [0.25, 0.3) is 0 Å². The Morgan fingerprint density at radius 3 is 2.61 bits per heavy atom. The van der Waals surface area contributed by atoms with Crippen molar-refractivity contribution in [1.82, 2.24) is 15.1 Å². The molecule has 0 aromatic carbocycles. The van der Waals surface area contributed by atoms with E-state index in [9.17, 15) is 9.59 Å². The van der Waals surface area contributed by atoms with E-state index in [4.69, 9.17) is 10.8 Å². The lowest BCUT2D eigenvalue weighted by molar-refractivity contribution is 0.0901. The second-order valence-electron chi connectivity index (χ2n) is 4.91. The normalized spacial score (nSPS) is 11.3. The van der Waals surface area contributed by atoms with Crippen molar-refractivity contribution in [3.8, 4) is 0 Å². The molecule has 0 saturated carbocycles. The van der Waals surface area contributed by atoms with E-state index in [0.29, 0.717) is 6.54 Å². The van der Waals surface area contributed by atoms with Crippen LogP contribution in [-0.4, -0.2) is 39.9 Å². The van der Waals surface area contributed by atoms with Crippen LogP contribution in [0.2, 0.25) is 0 Å². The van der Waals surface area contributed by atoms with Crippen LogP contribution in [0.1, 0.15) is 34.8 Å². The third-order valence-electron chi connectivity index (χ3n) is 2.52. The third-order valence-corrected chi connectivity index (χ3v) is 2.52. The van der Waals surface area contributed by atoms with Crippen LogP contribution in [0.15, 0.2) is 6.07 Å². The highest BCUT2D eigenvalue weighted by Gasteiger charge is 2.20. The van der Waals surface area contributed by atoms with E-state index in [2.05, 4.69) is 10.4 Å². The molecule has 0 bridgehead atoms. The quantitative estimate of drug-likeness (QED) is 0.643. The number of hydrogen-bond donors (Lipinski definition) is 3. The largest absolute Gasteiger partial charge is 0.396 e. The predicted octanol–water partition coefficient (Wildman–Crippen LogP) is -0.733. The summed E-state index contributed by atoms with van der Waals surface area (Å²) in [5.74, 6) is -1.04. The standard InChI is InChI=1S/C11H18N4O3/c1-11(2,6-16)5-13-10(18)8-4-7(9(12)17)14-15(8)3/h4,16H,5-6H2,1-3H3,(H2,12,17)(H,13,18). The second kappa shape index (κ2) is 5.18. The summed E-state index contributed by atoms with van der Waals surface area (Å²) in [5, 5.41) is 15.6. The minimum atomic E-state index is -0.680. The zero-order valence-corrected chi connectivity index (χ0v) is 10.7. The summed E-state index contributed by atoms with van der Waals surface area (Å²) in [6.07, 6.45) is 0. The number of nitrogens with two attached hydrogens (primary N) is 1. The van der Waals surface area contributed by atoms with Crippen LogP contribution >= 0.6 is 0 Å². The molecule has 100 valence electrons. The van der Waals surface area contributed by atoms with Gasteiger partial charge in [0.15, 0.2) is 5.69 Å². The second-order valence-corrected chi connectivity index (χ2v) is 4.91. The highest BCUT2D eigenvalue weighted by atomic mass is 16.3. The molecule has 18 heavy (non-hydrogen) atoms. The Morgan fingerprint density at radius 1 is 1.56 bits per heavy atom. The van der Waals surface area contributed by atoms with E-state index in [1.807, 2.05) is 13.8 Å². The molecular formula is C11H18N4O3. The van der Waals surface area contributed by atoms with E-state index >= 15 is 0 Å². The highest BCUT2D eigenvalue weighted by Crippen LogP contribution is 2.12. The Labute approximate surface area is 105 Å². The van der Waals surface area contributed by atoms with Crippen molar-refractivity contribution in [1.29, 1.82) is 0 Å². The maximum atomic E-state index is 11.9. The van der Waals surface area contributed by atoms with Crippen LogP contribution in [0.3, 0.4) is 0 Å². The third kappa shape index (κ3) is 3.30. The van der Waals surface area contributed by atoms with Gasteiger partial charge >= 0.3 is 0 Å². The minimum absolute atomic E-state index is 0.0365. The van der Waals surface area contributed by atoms with Crippen molar-refractivity contribution >= 4 is 11.8 Å². The summed E-state index contributed by atoms with van der Waals surface area (Å²) < 4.78 is 1.29. The summed E-state index contributed by atoms with van der Waals surface area (Å²) in [7, 11) is 1.55. The number of aromatic nitrogens is 2. The minimum Gasteiger partial charge on any atom is -0.396 e. The van der Waals surface area contributed by atoms with Gasteiger partial charge in [0, 0.05) is 31.7 Å². The lowest BCUT2D eigenvalue weighted by Crippen LogP contribution is -2.36. The molecule has 0 unspecified atom stereocenters. The molecule has 0 spiro atoms. The first-order valence-corrected chi connectivity index (χ1v) is 5.50. The first-order chi connectivity index (χ1) is 8.26. The smallest absolute Gasteiger partial charge is 0.269 e. The van der Waals surface area contributed by atoms with Crippen molar-refractivity contribution < 1.29 is 14.7 Å². The Bertz CT molecular complexity index is 465. The molecule has 1 aromatic rings. The fourth-order valence-corrected chi connectivity index (χ4v) is 1.27. The van der Waals surface area contributed by atoms with Gasteiger partial charge in [0.2, 0.25) is 0 Å². The van der Waals surface area contributed by atoms with E-state index < -0.39 is 11.3 Å². The van der Waals surface area contributed by atoms with Crippen LogP contribution < -0.4 is 11.1 Å². The van der Waals surface area contributed by atoms with Gasteiger partial charge in [0.25, 0.3) is 11.8 Å². The number of aliphatic hydroxyl groups excluding tert-OH is 1. The zero-order valence-electron chi connectivity index (χ0n) is 10.7. The topological polar surface area (TPSA) is 110 Å². The molecule has 1 aromatic heterocycles. The SMILES string of the molecule is Cn1nc(C(N)=O)cc1C(=O)NCC(C)(C)CO. The maximum absolute atomic E-state index is 11.9. The maximum Gasteiger partial charge on any atom is 0.269 e. The average molecular weight is 254 g/mol. The van der Waals surface area contributed by atoms with Gasteiger partial charge in [-0.2, -0.15) is 5.10 Å². The van der Waals surface area contributed by atoms with Gasteiger partial charge in [-0.15, -0.1) is 0 Å². The number of carbonyl (C=O) groups excluding carboxylic acids is 2. The van der Waals surface area contributed by atoms with Crippen LogP contribution in [0, 0.1) is 5.41 Å². The molecule has 1 rings (SSSR count). The van der Waals surface area contributed by atoms with Crippen molar-refractivity contribution in [2.45, 2.75) is 13.8 Å². The molecule has 0 aliphatic rings.